The molecule has 26 heavy (non-hydrogen) atoms. The van der Waals surface area contributed by atoms with E-state index in [1.165, 1.54) is 20.8 Å². The molecule has 0 aliphatic carbocycles. The van der Waals surface area contributed by atoms with Gasteiger partial charge >= 0.3 is 11.9 Å². The fraction of sp³-hybridized carbons (Fsp3) is 0.500. The van der Waals surface area contributed by atoms with Gasteiger partial charge < -0.3 is 15.2 Å². The smallest absolute Gasteiger partial charge is 0.325 e. The second-order valence-corrected chi connectivity index (χ2v) is 6.34. The molecule has 0 saturated heterocycles. The van der Waals surface area contributed by atoms with Crippen LogP contribution in [0.15, 0.2) is 0 Å². The van der Waals surface area contributed by atoms with E-state index in [4.69, 9.17) is 10.5 Å². The summed E-state index contributed by atoms with van der Waals surface area (Å²) >= 11 is 0. The van der Waals surface area contributed by atoms with Crippen LogP contribution in [-0.2, 0) is 14.3 Å². The minimum atomic E-state index is -2.40. The lowest BCUT2D eigenvalue weighted by Gasteiger charge is -2.23. The van der Waals surface area contributed by atoms with Crippen molar-refractivity contribution in [1.29, 1.82) is 0 Å². The zero-order valence-electron chi connectivity index (χ0n) is 14.3. The number of rotatable bonds is 6. The highest BCUT2D eigenvalue weighted by Gasteiger charge is 2.35. The first-order valence-electron chi connectivity index (χ1n) is 7.56. The molecular formula is C16H18F5NO4. The Morgan fingerprint density at radius 2 is 1.38 bits per heavy atom. The van der Waals surface area contributed by atoms with E-state index in [9.17, 15) is 31.5 Å². The van der Waals surface area contributed by atoms with Crippen LogP contribution >= 0.6 is 0 Å². The Hall–Kier alpha value is -2.23. The number of nitrogens with two attached hydrogens (primary N) is 1. The van der Waals surface area contributed by atoms with E-state index >= 15 is 0 Å². The molecule has 0 fully saturated rings. The van der Waals surface area contributed by atoms with Crippen LogP contribution in [0.5, 0.6) is 5.75 Å². The molecule has 1 unspecified atom stereocenters. The van der Waals surface area contributed by atoms with Crippen molar-refractivity contribution in [2.45, 2.75) is 39.2 Å². The number of ether oxygens (including phenoxy) is 2. The normalized spacial score (nSPS) is 12.7. The number of hydrogen-bond donors (Lipinski definition) is 1. The van der Waals surface area contributed by atoms with Crippen LogP contribution in [0.25, 0.3) is 0 Å². The monoisotopic (exact) mass is 383 g/mol. The van der Waals surface area contributed by atoms with Crippen molar-refractivity contribution < 1.29 is 41.0 Å². The number of benzene rings is 1. The molecule has 5 nitrogen and oxygen atoms in total. The van der Waals surface area contributed by atoms with Crippen LogP contribution in [-0.4, -0.2) is 24.1 Å². The Morgan fingerprint density at radius 3 is 1.81 bits per heavy atom. The van der Waals surface area contributed by atoms with Crippen molar-refractivity contribution in [1.82, 2.24) is 0 Å². The Labute approximate surface area is 146 Å². The van der Waals surface area contributed by atoms with Crippen molar-refractivity contribution in [3.8, 4) is 5.75 Å². The quantitative estimate of drug-likeness (QED) is 0.204. The van der Waals surface area contributed by atoms with Crippen LogP contribution < -0.4 is 10.5 Å². The van der Waals surface area contributed by atoms with E-state index in [-0.39, 0.29) is 19.4 Å². The summed E-state index contributed by atoms with van der Waals surface area (Å²) in [5.41, 5.74) is 4.31. The fourth-order valence-corrected chi connectivity index (χ4v) is 1.87. The average molecular weight is 383 g/mol. The predicted octanol–water partition coefficient (Wildman–Crippen LogP) is 2.98. The van der Waals surface area contributed by atoms with Crippen molar-refractivity contribution in [3.63, 3.8) is 0 Å². The van der Waals surface area contributed by atoms with E-state index in [0.29, 0.717) is 0 Å². The van der Waals surface area contributed by atoms with Crippen LogP contribution in [0.3, 0.4) is 0 Å². The molecule has 0 amide bonds. The molecule has 146 valence electrons. The predicted molar refractivity (Wildman–Crippen MR) is 79.5 cm³/mol. The molecule has 0 aliphatic heterocycles. The lowest BCUT2D eigenvalue weighted by Crippen LogP contribution is -2.35. The maximum Gasteiger partial charge on any atom is 0.325 e. The molecule has 1 atom stereocenters. The maximum absolute atomic E-state index is 13.6. The number of halogens is 5. The fourth-order valence-electron chi connectivity index (χ4n) is 1.87. The summed E-state index contributed by atoms with van der Waals surface area (Å²) in [6.07, 6.45) is -0.0459. The van der Waals surface area contributed by atoms with Crippen molar-refractivity contribution in [2.75, 3.05) is 6.54 Å². The first-order valence-corrected chi connectivity index (χ1v) is 7.56. The van der Waals surface area contributed by atoms with Crippen LogP contribution in [0.2, 0.25) is 0 Å². The van der Waals surface area contributed by atoms with Crippen LogP contribution in [0, 0.1) is 35.0 Å². The summed E-state index contributed by atoms with van der Waals surface area (Å²) in [4.78, 5) is 24.2. The average Bonchev–Trinajstić information content (AvgIpc) is 2.53. The zero-order valence-corrected chi connectivity index (χ0v) is 14.3. The second kappa shape index (κ2) is 8.43. The summed E-state index contributed by atoms with van der Waals surface area (Å²) in [6, 6.07) is 0. The van der Waals surface area contributed by atoms with Gasteiger partial charge in [-0.25, -0.2) is 13.2 Å². The molecule has 0 saturated carbocycles. The molecule has 2 N–H and O–H groups in total. The van der Waals surface area contributed by atoms with Crippen molar-refractivity contribution in [3.05, 3.63) is 29.1 Å². The van der Waals surface area contributed by atoms with Crippen molar-refractivity contribution >= 4 is 11.9 Å². The van der Waals surface area contributed by atoms with E-state index in [0.717, 1.165) is 0 Å². The first-order chi connectivity index (χ1) is 11.9. The molecule has 0 aliphatic rings. The number of carbonyl (C=O) groups excluding carboxylic acids is 2. The molecule has 1 aromatic rings. The largest absolute Gasteiger partial charge is 0.459 e. The molecule has 0 bridgehead atoms. The van der Waals surface area contributed by atoms with Gasteiger partial charge in [-0.2, -0.15) is 8.78 Å². The minimum Gasteiger partial charge on any atom is -0.459 e. The van der Waals surface area contributed by atoms with E-state index in [2.05, 4.69) is 4.74 Å². The maximum atomic E-state index is 13.6. The highest BCUT2D eigenvalue weighted by Crippen LogP contribution is 2.30. The van der Waals surface area contributed by atoms with E-state index in [1.54, 1.807) is 0 Å². The molecular weight excluding hydrogens is 365 g/mol. The third kappa shape index (κ3) is 5.13. The summed E-state index contributed by atoms with van der Waals surface area (Å²) in [5, 5.41) is 0. The molecule has 0 radical (unpaired) electrons. The lowest BCUT2D eigenvalue weighted by molar-refractivity contribution is -0.166. The molecule has 0 heterocycles. The minimum absolute atomic E-state index is 0.0785. The third-order valence-corrected chi connectivity index (χ3v) is 3.04. The first kappa shape index (κ1) is 21.8. The Bertz CT molecular complexity index is 674. The van der Waals surface area contributed by atoms with Gasteiger partial charge in [0.1, 0.15) is 5.60 Å². The lowest BCUT2D eigenvalue weighted by atomic mass is 10.0. The molecule has 10 heteroatoms. The molecule has 0 aromatic heterocycles. The molecule has 1 aromatic carbocycles. The topological polar surface area (TPSA) is 78.6 Å². The van der Waals surface area contributed by atoms with Crippen LogP contribution in [0.4, 0.5) is 22.0 Å². The van der Waals surface area contributed by atoms with Gasteiger partial charge in [-0.1, -0.05) is 0 Å². The van der Waals surface area contributed by atoms with Gasteiger partial charge in [-0.3, -0.25) is 9.59 Å². The summed E-state index contributed by atoms with van der Waals surface area (Å²) in [7, 11) is 0. The SMILES string of the molecule is CC(C)(C)OC(=O)C(CCCN)C(=O)Oc1c(F)c(F)c(F)c(F)c1F. The van der Waals surface area contributed by atoms with E-state index in [1.807, 2.05) is 0 Å². The highest BCUT2D eigenvalue weighted by molar-refractivity contribution is 5.96. The van der Waals surface area contributed by atoms with Gasteiger partial charge in [-0.05, 0) is 40.2 Å². The standard InChI is InChI=1S/C16H18F5NO4/c1-16(2,3)26-15(24)7(5-4-6-22)14(23)25-13-11(20)9(18)8(17)10(19)12(13)21/h7H,4-6,22H2,1-3H3. The van der Waals surface area contributed by atoms with Gasteiger partial charge in [0.2, 0.25) is 34.8 Å². The Morgan fingerprint density at radius 1 is 0.923 bits per heavy atom. The van der Waals surface area contributed by atoms with Gasteiger partial charge in [0.25, 0.3) is 0 Å². The summed E-state index contributed by atoms with van der Waals surface area (Å²) < 4.78 is 75.9. The number of esters is 2. The van der Waals surface area contributed by atoms with Gasteiger partial charge in [0.15, 0.2) is 5.92 Å². The second-order valence-electron chi connectivity index (χ2n) is 6.34. The Balaban J connectivity index is 3.16. The third-order valence-electron chi connectivity index (χ3n) is 3.04. The van der Waals surface area contributed by atoms with Crippen molar-refractivity contribution in [2.24, 2.45) is 11.7 Å². The summed E-state index contributed by atoms with van der Waals surface area (Å²) in [5.74, 6) is -17.6. The molecule has 0 spiro atoms. The van der Waals surface area contributed by atoms with Gasteiger partial charge in [0.05, 0.1) is 0 Å². The molecule has 1 rings (SSSR count). The number of hydrogen-bond acceptors (Lipinski definition) is 5. The van der Waals surface area contributed by atoms with Gasteiger partial charge in [-0.15, -0.1) is 0 Å². The zero-order chi connectivity index (χ0) is 20.2. The van der Waals surface area contributed by atoms with Crippen LogP contribution in [0.1, 0.15) is 33.6 Å². The number of carbonyl (C=O) groups is 2. The highest BCUT2D eigenvalue weighted by atomic mass is 19.2. The Kier molecular flexibility index (Phi) is 7.08. The van der Waals surface area contributed by atoms with E-state index < -0.39 is 58.3 Å². The summed E-state index contributed by atoms with van der Waals surface area (Å²) in [6.45, 7) is 4.62. The van der Waals surface area contributed by atoms with Gasteiger partial charge in [0, 0.05) is 0 Å².